The van der Waals surface area contributed by atoms with Gasteiger partial charge in [-0.1, -0.05) is 145 Å². The molecule has 0 atom stereocenters. The van der Waals surface area contributed by atoms with E-state index in [2.05, 4.69) is 47.0 Å². The fourth-order valence-electron chi connectivity index (χ4n) is 6.91. The van der Waals surface area contributed by atoms with E-state index in [9.17, 15) is 0 Å². The first-order valence-electron chi connectivity index (χ1n) is 18.8. The van der Waals surface area contributed by atoms with Crippen LogP contribution in [0, 0.1) is 0 Å². The van der Waals surface area contributed by atoms with Gasteiger partial charge in [0.2, 0.25) is 0 Å². The maximum absolute atomic E-state index is 8.80. The fourth-order valence-corrected chi connectivity index (χ4v) is 8.15. The van der Waals surface area contributed by atoms with Gasteiger partial charge in [-0.05, 0) is 35.4 Å². The summed E-state index contributed by atoms with van der Waals surface area (Å²) in [6, 6.07) is 44.9. The first-order valence-corrected chi connectivity index (χ1v) is 17.1. The zero-order valence-corrected chi connectivity index (χ0v) is 27.3. The van der Waals surface area contributed by atoms with E-state index >= 15 is 0 Å². The molecule has 5 heteroatoms. The van der Waals surface area contributed by atoms with E-state index in [1.807, 2.05) is 97.1 Å². The van der Waals surface area contributed by atoms with Crippen LogP contribution in [-0.2, 0) is 0 Å². The standard InChI is InChI=1S/C45H28N4S/c1-4-14-29(15-5-1)33-21-12-24-38-41(33)36-20-10-11-23-37(36)49(38)39-25-13-22-35-34-27-26-32(28-40(34)50-42(35)39)45-47-43(30-16-6-2-7-17-30)46-44(48-45)31-18-8-3-9-19-31/h1-28H/i1D,4D,5D,14D,15D. The van der Waals surface area contributed by atoms with Crippen LogP contribution >= 0.6 is 11.3 Å². The van der Waals surface area contributed by atoms with Crippen LogP contribution < -0.4 is 0 Å². The molecule has 0 fully saturated rings. The second-order valence-corrected chi connectivity index (χ2v) is 13.1. The number of thiophene rings is 1. The number of para-hydroxylation sites is 1. The third kappa shape index (κ3) is 4.63. The first-order chi connectivity index (χ1) is 26.9. The van der Waals surface area contributed by atoms with Crippen molar-refractivity contribution in [2.75, 3.05) is 0 Å². The minimum Gasteiger partial charge on any atom is -0.308 e. The SMILES string of the molecule is [2H]c1c([2H])c([2H])c(-c2cccc3c2c2ccccc2n3-c2cccc3c2sc2cc(-c4nc(-c5ccccc5)nc(-c5ccccc5)n4)ccc23)c([2H])c1[2H]. The molecule has 10 aromatic rings. The predicted molar refractivity (Wildman–Crippen MR) is 209 cm³/mol. The molecule has 0 amide bonds. The van der Waals surface area contributed by atoms with Gasteiger partial charge in [-0.3, -0.25) is 0 Å². The minimum absolute atomic E-state index is 0.191. The van der Waals surface area contributed by atoms with Crippen molar-refractivity contribution in [2.24, 2.45) is 0 Å². The Hall–Kier alpha value is -6.43. The summed E-state index contributed by atoms with van der Waals surface area (Å²) in [6.45, 7) is 0. The average Bonchev–Trinajstić information content (AvgIpc) is 3.79. The van der Waals surface area contributed by atoms with Gasteiger partial charge in [0.1, 0.15) is 0 Å². The zero-order valence-electron chi connectivity index (χ0n) is 31.5. The lowest BCUT2D eigenvalue weighted by atomic mass is 9.99. The van der Waals surface area contributed by atoms with Crippen LogP contribution in [0.3, 0.4) is 0 Å². The summed E-state index contributed by atoms with van der Waals surface area (Å²) in [7, 11) is 0. The number of hydrogen-bond donors (Lipinski definition) is 0. The molecule has 234 valence electrons. The molecule has 50 heavy (non-hydrogen) atoms. The molecule has 0 saturated heterocycles. The molecule has 0 aliphatic heterocycles. The molecule has 0 aliphatic rings. The van der Waals surface area contributed by atoms with Crippen molar-refractivity contribution >= 4 is 53.3 Å². The van der Waals surface area contributed by atoms with Gasteiger partial charge >= 0.3 is 0 Å². The van der Waals surface area contributed by atoms with E-state index in [0.29, 0.717) is 23.0 Å². The number of hydrogen-bond acceptors (Lipinski definition) is 4. The van der Waals surface area contributed by atoms with Gasteiger partial charge in [-0.15, -0.1) is 11.3 Å². The van der Waals surface area contributed by atoms with Crippen molar-refractivity contribution in [1.29, 1.82) is 0 Å². The van der Waals surface area contributed by atoms with E-state index in [0.717, 1.165) is 64.4 Å². The van der Waals surface area contributed by atoms with Gasteiger partial charge < -0.3 is 4.57 Å². The molecule has 7 aromatic carbocycles. The van der Waals surface area contributed by atoms with Crippen molar-refractivity contribution < 1.29 is 6.85 Å². The third-order valence-electron chi connectivity index (χ3n) is 9.14. The largest absolute Gasteiger partial charge is 0.308 e. The van der Waals surface area contributed by atoms with Gasteiger partial charge in [0.15, 0.2) is 17.5 Å². The normalized spacial score (nSPS) is 13.0. The van der Waals surface area contributed by atoms with E-state index in [4.69, 9.17) is 21.8 Å². The first kappa shape index (κ1) is 23.8. The lowest BCUT2D eigenvalue weighted by Crippen LogP contribution is -1.99. The maximum Gasteiger partial charge on any atom is 0.164 e. The Morgan fingerprint density at radius 1 is 0.480 bits per heavy atom. The quantitative estimate of drug-likeness (QED) is 0.184. The summed E-state index contributed by atoms with van der Waals surface area (Å²) in [5, 5.41) is 3.99. The molecule has 0 aliphatic carbocycles. The van der Waals surface area contributed by atoms with E-state index in [1.54, 1.807) is 11.3 Å². The molecular weight excluding hydrogens is 629 g/mol. The summed E-state index contributed by atoms with van der Waals surface area (Å²) in [5.41, 5.74) is 6.32. The van der Waals surface area contributed by atoms with Crippen molar-refractivity contribution in [1.82, 2.24) is 19.5 Å². The van der Waals surface area contributed by atoms with Crippen LogP contribution in [-0.4, -0.2) is 19.5 Å². The molecule has 3 aromatic heterocycles. The van der Waals surface area contributed by atoms with Gasteiger partial charge in [0.05, 0.1) is 28.3 Å². The smallest absolute Gasteiger partial charge is 0.164 e. The van der Waals surface area contributed by atoms with E-state index in [-0.39, 0.29) is 29.7 Å². The van der Waals surface area contributed by atoms with Crippen LogP contribution in [0.2, 0.25) is 0 Å². The van der Waals surface area contributed by atoms with Gasteiger partial charge in [-0.25, -0.2) is 15.0 Å². The highest BCUT2D eigenvalue weighted by Crippen LogP contribution is 2.43. The maximum atomic E-state index is 8.80. The van der Waals surface area contributed by atoms with Gasteiger partial charge in [-0.2, -0.15) is 0 Å². The van der Waals surface area contributed by atoms with Crippen molar-refractivity contribution in [3.63, 3.8) is 0 Å². The number of rotatable bonds is 5. The highest BCUT2D eigenvalue weighted by Gasteiger charge is 2.19. The molecule has 0 N–H and O–H groups in total. The van der Waals surface area contributed by atoms with E-state index in [1.165, 1.54) is 0 Å². The molecular formula is C45H28N4S. The number of aromatic nitrogens is 4. The minimum atomic E-state index is -0.406. The molecule has 0 spiro atoms. The molecule has 3 heterocycles. The zero-order chi connectivity index (χ0) is 37.4. The molecule has 10 rings (SSSR count). The Labute approximate surface area is 299 Å². The average molecular weight is 662 g/mol. The van der Waals surface area contributed by atoms with Crippen molar-refractivity contribution in [2.45, 2.75) is 0 Å². The highest BCUT2D eigenvalue weighted by atomic mass is 32.1. The van der Waals surface area contributed by atoms with Crippen LogP contribution in [0.15, 0.2) is 170 Å². The Bertz CT molecular complexity index is 3070. The summed E-state index contributed by atoms with van der Waals surface area (Å²) >= 11 is 1.70. The third-order valence-corrected chi connectivity index (χ3v) is 10.3. The predicted octanol–water partition coefficient (Wildman–Crippen LogP) is 12.0. The summed E-state index contributed by atoms with van der Waals surface area (Å²) < 4.78 is 47.0. The molecule has 0 saturated carbocycles. The topological polar surface area (TPSA) is 43.6 Å². The summed E-state index contributed by atoms with van der Waals surface area (Å²) in [4.78, 5) is 14.8. The Kier molecular flexibility index (Phi) is 5.54. The van der Waals surface area contributed by atoms with Gasteiger partial charge in [0.25, 0.3) is 0 Å². The summed E-state index contributed by atoms with van der Waals surface area (Å²) in [5.74, 6) is 1.81. The summed E-state index contributed by atoms with van der Waals surface area (Å²) in [6.07, 6.45) is 0. The molecule has 4 nitrogen and oxygen atoms in total. The Morgan fingerprint density at radius 3 is 1.84 bits per heavy atom. The molecule has 0 bridgehead atoms. The van der Waals surface area contributed by atoms with Crippen LogP contribution in [0.4, 0.5) is 0 Å². The van der Waals surface area contributed by atoms with Crippen LogP contribution in [0.1, 0.15) is 6.85 Å². The van der Waals surface area contributed by atoms with Crippen LogP contribution in [0.5, 0.6) is 0 Å². The Balaban J connectivity index is 1.18. The van der Waals surface area contributed by atoms with Crippen molar-refractivity contribution in [3.05, 3.63) is 170 Å². The molecule has 0 radical (unpaired) electrons. The second kappa shape index (κ2) is 11.6. The lowest BCUT2D eigenvalue weighted by molar-refractivity contribution is 1.07. The number of fused-ring (bicyclic) bond motifs is 6. The highest BCUT2D eigenvalue weighted by molar-refractivity contribution is 7.26. The fraction of sp³-hybridized carbons (Fsp3) is 0. The molecule has 0 unspecified atom stereocenters. The van der Waals surface area contributed by atoms with Gasteiger partial charge in [0, 0.05) is 42.9 Å². The van der Waals surface area contributed by atoms with E-state index < -0.39 is 6.04 Å². The monoisotopic (exact) mass is 661 g/mol. The number of nitrogens with zero attached hydrogens (tertiary/aromatic N) is 4. The Morgan fingerprint density at radius 2 is 1.10 bits per heavy atom. The van der Waals surface area contributed by atoms with Crippen molar-refractivity contribution in [3.8, 4) is 51.0 Å². The lowest BCUT2D eigenvalue weighted by Gasteiger charge is -2.10. The van der Waals surface area contributed by atoms with Crippen LogP contribution in [0.25, 0.3) is 93.0 Å². The second-order valence-electron chi connectivity index (χ2n) is 12.1. The number of benzene rings is 7.